The molecule has 2 aromatic heterocycles. The molecule has 2 heterocycles. The highest BCUT2D eigenvalue weighted by atomic mass is 16.5. The van der Waals surface area contributed by atoms with Crippen molar-refractivity contribution in [3.63, 3.8) is 0 Å². The Morgan fingerprint density at radius 3 is 3.04 bits per heavy atom. The van der Waals surface area contributed by atoms with Crippen LogP contribution in [0, 0.1) is 0 Å². The predicted octanol–water partition coefficient (Wildman–Crippen LogP) is 2.10. The molecular weight excluding hydrogens is 318 g/mol. The molecule has 0 spiro atoms. The lowest BCUT2D eigenvalue weighted by atomic mass is 9.93. The van der Waals surface area contributed by atoms with Crippen molar-refractivity contribution in [3.8, 4) is 17.0 Å². The van der Waals surface area contributed by atoms with E-state index in [0.29, 0.717) is 11.3 Å². The molecule has 1 atom stereocenters. The van der Waals surface area contributed by atoms with Gasteiger partial charge in [0.15, 0.2) is 0 Å². The van der Waals surface area contributed by atoms with Crippen molar-refractivity contribution >= 4 is 5.91 Å². The fourth-order valence-electron chi connectivity index (χ4n) is 3.26. The first-order valence-electron chi connectivity index (χ1n) is 8.24. The second-order valence-electron chi connectivity index (χ2n) is 6.18. The number of carbonyl (C=O) groups excluding carboxylic acids is 1. The number of fused-ring (bicyclic) bond motifs is 1. The summed E-state index contributed by atoms with van der Waals surface area (Å²) in [5, 5.41) is 17.2. The molecule has 7 nitrogen and oxygen atoms in total. The molecule has 0 aliphatic heterocycles. The molecule has 1 aromatic carbocycles. The summed E-state index contributed by atoms with van der Waals surface area (Å²) in [6, 6.07) is 7.65. The zero-order valence-corrected chi connectivity index (χ0v) is 13.9. The smallest absolute Gasteiger partial charge is 0.255 e. The van der Waals surface area contributed by atoms with Crippen LogP contribution in [-0.4, -0.2) is 39.5 Å². The second kappa shape index (κ2) is 6.43. The third-order valence-electron chi connectivity index (χ3n) is 4.59. The Kier molecular flexibility index (Phi) is 3.97. The summed E-state index contributed by atoms with van der Waals surface area (Å²) in [5.41, 5.74) is 4.44. The largest absolute Gasteiger partial charge is 0.497 e. The van der Waals surface area contributed by atoms with Crippen LogP contribution in [0.5, 0.6) is 5.75 Å². The molecule has 0 bridgehead atoms. The molecule has 0 fully saturated rings. The fourth-order valence-corrected chi connectivity index (χ4v) is 3.26. The van der Waals surface area contributed by atoms with E-state index in [4.69, 9.17) is 4.74 Å². The Morgan fingerprint density at radius 1 is 1.28 bits per heavy atom. The summed E-state index contributed by atoms with van der Waals surface area (Å²) >= 11 is 0. The number of hydrogen-bond donors (Lipinski definition) is 3. The van der Waals surface area contributed by atoms with Crippen LogP contribution in [0.1, 0.15) is 28.0 Å². The van der Waals surface area contributed by atoms with Crippen LogP contribution < -0.4 is 10.1 Å². The van der Waals surface area contributed by atoms with Crippen LogP contribution in [-0.2, 0) is 12.8 Å². The molecule has 0 saturated heterocycles. The van der Waals surface area contributed by atoms with Crippen molar-refractivity contribution in [2.75, 3.05) is 7.11 Å². The molecule has 1 unspecified atom stereocenters. The van der Waals surface area contributed by atoms with E-state index in [9.17, 15) is 4.79 Å². The maximum absolute atomic E-state index is 12.7. The predicted molar refractivity (Wildman–Crippen MR) is 92.4 cm³/mol. The van der Waals surface area contributed by atoms with Crippen molar-refractivity contribution in [2.24, 2.45) is 0 Å². The molecule has 0 saturated carbocycles. The average molecular weight is 337 g/mol. The Hall–Kier alpha value is -3.09. The first-order valence-corrected chi connectivity index (χ1v) is 8.24. The number of benzene rings is 1. The number of carbonyl (C=O) groups is 1. The lowest BCUT2D eigenvalue weighted by molar-refractivity contribution is 0.0934. The van der Waals surface area contributed by atoms with Gasteiger partial charge in [-0.2, -0.15) is 10.2 Å². The average Bonchev–Trinajstić information content (AvgIpc) is 3.30. The van der Waals surface area contributed by atoms with Gasteiger partial charge in [-0.3, -0.25) is 15.0 Å². The van der Waals surface area contributed by atoms with Crippen molar-refractivity contribution < 1.29 is 9.53 Å². The van der Waals surface area contributed by atoms with Gasteiger partial charge in [0.25, 0.3) is 5.91 Å². The van der Waals surface area contributed by atoms with Crippen LogP contribution in [0.3, 0.4) is 0 Å². The number of nitrogens with zero attached hydrogens (tertiary/aromatic N) is 2. The van der Waals surface area contributed by atoms with Gasteiger partial charge in [-0.05, 0) is 37.0 Å². The fraction of sp³-hybridized carbons (Fsp3) is 0.278. The zero-order chi connectivity index (χ0) is 17.2. The van der Waals surface area contributed by atoms with E-state index in [-0.39, 0.29) is 11.9 Å². The first-order chi connectivity index (χ1) is 12.2. The maximum Gasteiger partial charge on any atom is 0.255 e. The molecule has 3 aromatic rings. The van der Waals surface area contributed by atoms with Gasteiger partial charge >= 0.3 is 0 Å². The first kappa shape index (κ1) is 15.4. The molecule has 4 rings (SSSR count). The lowest BCUT2D eigenvalue weighted by Crippen LogP contribution is -2.38. The highest BCUT2D eigenvalue weighted by Gasteiger charge is 2.24. The minimum absolute atomic E-state index is 0.102. The third-order valence-corrected chi connectivity index (χ3v) is 4.59. The number of rotatable bonds is 4. The lowest BCUT2D eigenvalue weighted by Gasteiger charge is -2.22. The molecule has 25 heavy (non-hydrogen) atoms. The number of aromatic nitrogens is 4. The van der Waals surface area contributed by atoms with Crippen molar-refractivity contribution in [2.45, 2.75) is 25.3 Å². The van der Waals surface area contributed by atoms with Gasteiger partial charge in [-0.1, -0.05) is 12.1 Å². The number of methoxy groups -OCH3 is 1. The Labute approximate surface area is 144 Å². The quantitative estimate of drug-likeness (QED) is 0.679. The van der Waals surface area contributed by atoms with Gasteiger partial charge in [-0.15, -0.1) is 0 Å². The van der Waals surface area contributed by atoms with Crippen molar-refractivity contribution in [3.05, 3.63) is 53.5 Å². The molecule has 1 aliphatic rings. The molecule has 1 aliphatic carbocycles. The van der Waals surface area contributed by atoms with Crippen LogP contribution in [0.15, 0.2) is 36.7 Å². The minimum atomic E-state index is -0.122. The van der Waals surface area contributed by atoms with Crippen LogP contribution in [0.2, 0.25) is 0 Å². The van der Waals surface area contributed by atoms with E-state index in [1.54, 1.807) is 13.3 Å². The van der Waals surface area contributed by atoms with Crippen molar-refractivity contribution in [1.29, 1.82) is 0 Å². The van der Waals surface area contributed by atoms with Crippen LogP contribution in [0.4, 0.5) is 0 Å². The number of ether oxygens (including phenoxy) is 1. The molecule has 1 amide bonds. The van der Waals surface area contributed by atoms with Gasteiger partial charge in [0.05, 0.1) is 30.8 Å². The summed E-state index contributed by atoms with van der Waals surface area (Å²) in [4.78, 5) is 12.7. The van der Waals surface area contributed by atoms with E-state index in [1.807, 2.05) is 30.5 Å². The molecule has 128 valence electrons. The maximum atomic E-state index is 12.7. The van der Waals surface area contributed by atoms with E-state index in [2.05, 4.69) is 25.7 Å². The number of nitrogens with one attached hydrogen (secondary N) is 3. The summed E-state index contributed by atoms with van der Waals surface area (Å²) < 4.78 is 5.26. The highest BCUT2D eigenvalue weighted by Crippen LogP contribution is 2.25. The van der Waals surface area contributed by atoms with E-state index in [0.717, 1.165) is 30.6 Å². The SMILES string of the molecule is COc1cccc(-c2[nH]ncc2C(=O)NC2CCc3[nH]ncc3C2)c1. The minimum Gasteiger partial charge on any atom is -0.497 e. The monoisotopic (exact) mass is 337 g/mol. The Balaban J connectivity index is 1.53. The second-order valence-corrected chi connectivity index (χ2v) is 6.18. The topological polar surface area (TPSA) is 95.7 Å². The third kappa shape index (κ3) is 3.00. The molecule has 0 radical (unpaired) electrons. The van der Waals surface area contributed by atoms with Gasteiger partial charge in [0.1, 0.15) is 5.75 Å². The van der Waals surface area contributed by atoms with E-state index >= 15 is 0 Å². The van der Waals surface area contributed by atoms with Gasteiger partial charge < -0.3 is 10.1 Å². The summed E-state index contributed by atoms with van der Waals surface area (Å²) in [6.45, 7) is 0. The molecule has 7 heteroatoms. The Morgan fingerprint density at radius 2 is 2.16 bits per heavy atom. The standard InChI is InChI=1S/C18H19N5O2/c1-25-14-4-2-3-11(8-14)17-15(10-20-23-17)18(24)21-13-5-6-16-12(7-13)9-19-22-16/h2-4,8-10,13H,5-7H2,1H3,(H,19,22)(H,20,23)(H,21,24). The van der Waals surface area contributed by atoms with Gasteiger partial charge in [0, 0.05) is 17.3 Å². The number of aromatic amines is 2. The van der Waals surface area contributed by atoms with E-state index in [1.165, 1.54) is 11.3 Å². The number of hydrogen-bond acceptors (Lipinski definition) is 4. The Bertz CT molecular complexity index is 898. The molecule has 3 N–H and O–H groups in total. The number of H-pyrrole nitrogens is 2. The van der Waals surface area contributed by atoms with Crippen molar-refractivity contribution in [1.82, 2.24) is 25.7 Å². The normalized spacial score (nSPS) is 16.3. The number of aryl methyl sites for hydroxylation is 1. The summed E-state index contributed by atoms with van der Waals surface area (Å²) in [7, 11) is 1.62. The summed E-state index contributed by atoms with van der Waals surface area (Å²) in [6.07, 6.45) is 6.00. The summed E-state index contributed by atoms with van der Waals surface area (Å²) in [5.74, 6) is 0.613. The van der Waals surface area contributed by atoms with Gasteiger partial charge in [-0.25, -0.2) is 0 Å². The van der Waals surface area contributed by atoms with Crippen LogP contribution >= 0.6 is 0 Å². The van der Waals surface area contributed by atoms with Crippen LogP contribution in [0.25, 0.3) is 11.3 Å². The van der Waals surface area contributed by atoms with Gasteiger partial charge in [0.2, 0.25) is 0 Å². The molecular formula is C18H19N5O2. The van der Waals surface area contributed by atoms with E-state index < -0.39 is 0 Å². The number of amides is 1. The highest BCUT2D eigenvalue weighted by molar-refractivity contribution is 6.00. The zero-order valence-electron chi connectivity index (χ0n) is 13.9.